The SMILES string of the molecule is CC(C)(O)C(=O)N/N=C\c1cc([N+](=O)[O-])ccc1Cl. The molecule has 0 spiro atoms. The molecule has 0 aliphatic rings. The lowest BCUT2D eigenvalue weighted by molar-refractivity contribution is -0.384. The molecule has 0 atom stereocenters. The number of rotatable bonds is 4. The summed E-state index contributed by atoms with van der Waals surface area (Å²) in [5.41, 5.74) is 0.678. The molecule has 0 fully saturated rings. The number of carbonyl (C=O) groups is 1. The first kappa shape index (κ1) is 15.1. The first-order valence-corrected chi connectivity index (χ1v) is 5.59. The second-order valence-electron chi connectivity index (χ2n) is 4.22. The maximum atomic E-state index is 11.3. The Labute approximate surface area is 114 Å². The van der Waals surface area contributed by atoms with Gasteiger partial charge in [0.1, 0.15) is 5.60 Å². The van der Waals surface area contributed by atoms with Gasteiger partial charge in [0.05, 0.1) is 11.1 Å². The number of nitro benzene ring substituents is 1. The number of hydrogen-bond donors (Lipinski definition) is 2. The minimum atomic E-state index is -1.57. The van der Waals surface area contributed by atoms with Crippen LogP contribution < -0.4 is 5.43 Å². The summed E-state index contributed by atoms with van der Waals surface area (Å²) in [4.78, 5) is 21.3. The summed E-state index contributed by atoms with van der Waals surface area (Å²) in [6, 6.07) is 3.84. The number of nitro groups is 1. The van der Waals surface area contributed by atoms with Crippen molar-refractivity contribution in [3.05, 3.63) is 38.9 Å². The summed E-state index contributed by atoms with van der Waals surface area (Å²) >= 11 is 5.83. The van der Waals surface area contributed by atoms with Gasteiger partial charge < -0.3 is 5.11 Å². The predicted molar refractivity (Wildman–Crippen MR) is 70.1 cm³/mol. The number of aliphatic hydroxyl groups is 1. The molecule has 8 heteroatoms. The van der Waals surface area contributed by atoms with Crippen molar-refractivity contribution in [1.82, 2.24) is 5.43 Å². The van der Waals surface area contributed by atoms with Crippen molar-refractivity contribution in [2.45, 2.75) is 19.4 Å². The van der Waals surface area contributed by atoms with Crippen LogP contribution in [0.4, 0.5) is 5.69 Å². The largest absolute Gasteiger partial charge is 0.381 e. The van der Waals surface area contributed by atoms with Gasteiger partial charge >= 0.3 is 0 Å². The third kappa shape index (κ3) is 4.31. The first-order chi connectivity index (χ1) is 8.71. The molecule has 0 heterocycles. The Hall–Kier alpha value is -1.99. The van der Waals surface area contributed by atoms with E-state index in [0.717, 1.165) is 0 Å². The second kappa shape index (κ2) is 5.77. The van der Waals surface area contributed by atoms with Gasteiger partial charge in [-0.2, -0.15) is 5.10 Å². The molecular formula is C11H12ClN3O4. The maximum Gasteiger partial charge on any atom is 0.271 e. The highest BCUT2D eigenvalue weighted by atomic mass is 35.5. The first-order valence-electron chi connectivity index (χ1n) is 5.21. The summed E-state index contributed by atoms with van der Waals surface area (Å²) in [6.07, 6.45) is 1.17. The average Bonchev–Trinajstić information content (AvgIpc) is 2.29. The molecule has 1 amide bonds. The Bertz CT molecular complexity index is 537. The zero-order valence-corrected chi connectivity index (χ0v) is 11.0. The van der Waals surface area contributed by atoms with Crippen LogP contribution in [-0.2, 0) is 4.79 Å². The average molecular weight is 286 g/mol. The molecule has 0 saturated heterocycles. The van der Waals surface area contributed by atoms with Crippen LogP contribution in [0.5, 0.6) is 0 Å². The zero-order valence-electron chi connectivity index (χ0n) is 10.3. The number of hydrazone groups is 1. The fourth-order valence-corrected chi connectivity index (χ4v) is 1.21. The molecule has 0 aliphatic carbocycles. The van der Waals surface area contributed by atoms with Crippen LogP contribution in [0.2, 0.25) is 5.02 Å². The molecule has 2 N–H and O–H groups in total. The van der Waals surface area contributed by atoms with E-state index in [2.05, 4.69) is 10.5 Å². The number of benzene rings is 1. The Morgan fingerprint density at radius 2 is 2.21 bits per heavy atom. The predicted octanol–water partition coefficient (Wildman–Crippen LogP) is 1.47. The Morgan fingerprint density at radius 1 is 1.58 bits per heavy atom. The summed E-state index contributed by atoms with van der Waals surface area (Å²) in [7, 11) is 0. The van der Waals surface area contributed by atoms with Crippen molar-refractivity contribution in [2.75, 3.05) is 0 Å². The van der Waals surface area contributed by atoms with Gasteiger partial charge in [-0.3, -0.25) is 14.9 Å². The van der Waals surface area contributed by atoms with Gasteiger partial charge in [-0.15, -0.1) is 0 Å². The van der Waals surface area contributed by atoms with Crippen molar-refractivity contribution in [3.63, 3.8) is 0 Å². The van der Waals surface area contributed by atoms with E-state index in [-0.39, 0.29) is 16.3 Å². The number of hydrogen-bond acceptors (Lipinski definition) is 5. The van der Waals surface area contributed by atoms with Crippen LogP contribution in [0.3, 0.4) is 0 Å². The molecule has 19 heavy (non-hydrogen) atoms. The van der Waals surface area contributed by atoms with Crippen LogP contribution in [0.25, 0.3) is 0 Å². The van der Waals surface area contributed by atoms with Crippen molar-refractivity contribution in [3.8, 4) is 0 Å². The topological polar surface area (TPSA) is 105 Å². The van der Waals surface area contributed by atoms with Gasteiger partial charge in [0.2, 0.25) is 0 Å². The summed E-state index contributed by atoms with van der Waals surface area (Å²) in [5.74, 6) is -0.703. The highest BCUT2D eigenvalue weighted by Gasteiger charge is 2.22. The third-order valence-electron chi connectivity index (χ3n) is 2.12. The van der Waals surface area contributed by atoms with E-state index in [1.54, 1.807) is 0 Å². The van der Waals surface area contributed by atoms with Gasteiger partial charge in [-0.25, -0.2) is 5.43 Å². The molecule has 7 nitrogen and oxygen atoms in total. The Balaban J connectivity index is 2.85. The van der Waals surface area contributed by atoms with Gasteiger partial charge in [-0.1, -0.05) is 11.6 Å². The molecule has 1 aromatic carbocycles. The highest BCUT2D eigenvalue weighted by molar-refractivity contribution is 6.33. The molecule has 1 rings (SSSR count). The standard InChI is InChI=1S/C11H12ClN3O4/c1-11(2,17)10(16)14-13-6-7-5-8(15(18)19)3-4-9(7)12/h3-6,17H,1-2H3,(H,14,16)/b13-6-. The van der Waals surface area contributed by atoms with Gasteiger partial charge in [0.15, 0.2) is 0 Å². The molecule has 0 aromatic heterocycles. The summed E-state index contributed by atoms with van der Waals surface area (Å²) in [5, 5.41) is 23.8. The lowest BCUT2D eigenvalue weighted by Crippen LogP contribution is -2.39. The molecule has 0 unspecified atom stereocenters. The lowest BCUT2D eigenvalue weighted by atomic mass is 10.1. The molecule has 0 bridgehead atoms. The van der Waals surface area contributed by atoms with E-state index < -0.39 is 16.4 Å². The number of non-ortho nitro benzene ring substituents is 1. The quantitative estimate of drug-likeness (QED) is 0.496. The normalized spacial score (nSPS) is 11.6. The fraction of sp³-hybridized carbons (Fsp3) is 0.273. The molecular weight excluding hydrogens is 274 g/mol. The summed E-state index contributed by atoms with van der Waals surface area (Å²) < 4.78 is 0. The van der Waals surface area contributed by atoms with Crippen LogP contribution in [-0.4, -0.2) is 27.8 Å². The Morgan fingerprint density at radius 3 is 2.74 bits per heavy atom. The number of carbonyl (C=O) groups excluding carboxylic acids is 1. The second-order valence-corrected chi connectivity index (χ2v) is 4.63. The van der Waals surface area contributed by atoms with Crippen molar-refractivity contribution >= 4 is 29.4 Å². The molecule has 0 radical (unpaired) electrons. The number of nitrogens with zero attached hydrogens (tertiary/aromatic N) is 2. The Kier molecular flexibility index (Phi) is 4.57. The van der Waals surface area contributed by atoms with Gasteiger partial charge in [-0.05, 0) is 19.9 Å². The molecule has 0 saturated carbocycles. The number of nitrogens with one attached hydrogen (secondary N) is 1. The number of halogens is 1. The number of amides is 1. The summed E-state index contributed by atoms with van der Waals surface area (Å²) in [6.45, 7) is 2.61. The molecule has 1 aromatic rings. The fourth-order valence-electron chi connectivity index (χ4n) is 1.04. The smallest absolute Gasteiger partial charge is 0.271 e. The van der Waals surface area contributed by atoms with Crippen LogP contribution in [0, 0.1) is 10.1 Å². The van der Waals surface area contributed by atoms with Gasteiger partial charge in [0, 0.05) is 22.7 Å². The van der Waals surface area contributed by atoms with E-state index in [1.165, 1.54) is 38.3 Å². The third-order valence-corrected chi connectivity index (χ3v) is 2.46. The van der Waals surface area contributed by atoms with Crippen LogP contribution in [0.15, 0.2) is 23.3 Å². The van der Waals surface area contributed by atoms with E-state index in [0.29, 0.717) is 0 Å². The molecule has 102 valence electrons. The van der Waals surface area contributed by atoms with E-state index >= 15 is 0 Å². The minimum absolute atomic E-state index is 0.139. The van der Waals surface area contributed by atoms with E-state index in [1.807, 2.05) is 0 Å². The van der Waals surface area contributed by atoms with Crippen LogP contribution in [0.1, 0.15) is 19.4 Å². The van der Waals surface area contributed by atoms with E-state index in [9.17, 15) is 20.0 Å². The monoisotopic (exact) mass is 285 g/mol. The van der Waals surface area contributed by atoms with Crippen molar-refractivity contribution in [2.24, 2.45) is 5.10 Å². The van der Waals surface area contributed by atoms with Gasteiger partial charge in [0.25, 0.3) is 11.6 Å². The molecule has 0 aliphatic heterocycles. The minimum Gasteiger partial charge on any atom is -0.381 e. The van der Waals surface area contributed by atoms with E-state index in [4.69, 9.17) is 11.6 Å². The highest BCUT2D eigenvalue weighted by Crippen LogP contribution is 2.20. The lowest BCUT2D eigenvalue weighted by Gasteiger charge is -2.13. The zero-order chi connectivity index (χ0) is 14.6. The maximum absolute atomic E-state index is 11.3. The van der Waals surface area contributed by atoms with Crippen LogP contribution >= 0.6 is 11.6 Å². The van der Waals surface area contributed by atoms with Crippen molar-refractivity contribution in [1.29, 1.82) is 0 Å². The van der Waals surface area contributed by atoms with Crippen molar-refractivity contribution < 1.29 is 14.8 Å².